The molecule has 0 bridgehead atoms. The standard InChI is InChI=1S/C15H22O2/c1-10-8-11-13(16)6-5-7-17-14(11)12(9-10)15(2,3)4/h8-9,13,16H,5-7H2,1-4H3/t13-/m0/s1. The number of aryl methyl sites for hydroxylation is 1. The van der Waals surface area contributed by atoms with Crippen LogP contribution in [-0.2, 0) is 5.41 Å². The molecule has 1 aromatic rings. The van der Waals surface area contributed by atoms with Crippen LogP contribution in [0.5, 0.6) is 5.75 Å². The molecular formula is C15H22O2. The summed E-state index contributed by atoms with van der Waals surface area (Å²) in [6.45, 7) is 9.33. The van der Waals surface area contributed by atoms with Crippen LogP contribution in [-0.4, -0.2) is 11.7 Å². The van der Waals surface area contributed by atoms with Crippen molar-refractivity contribution in [3.8, 4) is 5.75 Å². The lowest BCUT2D eigenvalue weighted by Crippen LogP contribution is -2.15. The fourth-order valence-electron chi connectivity index (χ4n) is 2.37. The van der Waals surface area contributed by atoms with Gasteiger partial charge in [0.1, 0.15) is 5.75 Å². The minimum absolute atomic E-state index is 0.0418. The van der Waals surface area contributed by atoms with Crippen molar-refractivity contribution in [3.05, 3.63) is 28.8 Å². The van der Waals surface area contributed by atoms with Gasteiger partial charge in [-0.25, -0.2) is 0 Å². The van der Waals surface area contributed by atoms with Crippen LogP contribution in [0.2, 0.25) is 0 Å². The van der Waals surface area contributed by atoms with E-state index >= 15 is 0 Å². The Bertz CT molecular complexity index is 416. The average Bonchev–Trinajstić information content (AvgIpc) is 2.39. The molecular weight excluding hydrogens is 212 g/mol. The summed E-state index contributed by atoms with van der Waals surface area (Å²) < 4.78 is 5.87. The Morgan fingerprint density at radius 3 is 2.65 bits per heavy atom. The van der Waals surface area contributed by atoms with Crippen molar-refractivity contribution in [2.75, 3.05) is 6.61 Å². The lowest BCUT2D eigenvalue weighted by Gasteiger charge is -2.25. The number of hydrogen-bond donors (Lipinski definition) is 1. The van der Waals surface area contributed by atoms with Crippen molar-refractivity contribution in [3.63, 3.8) is 0 Å². The highest BCUT2D eigenvalue weighted by molar-refractivity contribution is 5.49. The van der Waals surface area contributed by atoms with E-state index in [4.69, 9.17) is 4.74 Å². The highest BCUT2D eigenvalue weighted by atomic mass is 16.5. The number of rotatable bonds is 0. The van der Waals surface area contributed by atoms with Crippen molar-refractivity contribution in [1.29, 1.82) is 0 Å². The van der Waals surface area contributed by atoms with Crippen LogP contribution in [0.3, 0.4) is 0 Å². The fourth-order valence-corrected chi connectivity index (χ4v) is 2.37. The van der Waals surface area contributed by atoms with E-state index in [0.717, 1.165) is 24.2 Å². The molecule has 2 nitrogen and oxygen atoms in total. The zero-order valence-electron chi connectivity index (χ0n) is 11.2. The van der Waals surface area contributed by atoms with E-state index in [1.54, 1.807) is 0 Å². The predicted octanol–water partition coefficient (Wildman–Crippen LogP) is 3.50. The molecule has 0 fully saturated rings. The van der Waals surface area contributed by atoms with Crippen LogP contribution in [0.25, 0.3) is 0 Å². The van der Waals surface area contributed by atoms with Gasteiger partial charge in [0.15, 0.2) is 0 Å². The smallest absolute Gasteiger partial charge is 0.128 e. The van der Waals surface area contributed by atoms with E-state index in [0.29, 0.717) is 6.61 Å². The maximum Gasteiger partial charge on any atom is 0.128 e. The minimum Gasteiger partial charge on any atom is -0.493 e. The summed E-state index contributed by atoms with van der Waals surface area (Å²) in [6, 6.07) is 4.23. The zero-order chi connectivity index (χ0) is 12.6. The van der Waals surface area contributed by atoms with Gasteiger partial charge in [0.25, 0.3) is 0 Å². The van der Waals surface area contributed by atoms with Crippen LogP contribution in [0, 0.1) is 6.92 Å². The van der Waals surface area contributed by atoms with Gasteiger partial charge in [-0.3, -0.25) is 0 Å². The molecule has 1 N–H and O–H groups in total. The van der Waals surface area contributed by atoms with Crippen LogP contribution in [0.15, 0.2) is 12.1 Å². The molecule has 2 rings (SSSR count). The Morgan fingerprint density at radius 1 is 1.29 bits per heavy atom. The number of aliphatic hydroxyl groups excluding tert-OH is 1. The second-order valence-corrected chi connectivity index (χ2v) is 5.99. The maximum atomic E-state index is 10.2. The van der Waals surface area contributed by atoms with Crippen LogP contribution < -0.4 is 4.74 Å². The van der Waals surface area contributed by atoms with Gasteiger partial charge in [0.2, 0.25) is 0 Å². The van der Waals surface area contributed by atoms with Crippen molar-refractivity contribution in [2.24, 2.45) is 0 Å². The van der Waals surface area contributed by atoms with E-state index in [9.17, 15) is 5.11 Å². The highest BCUT2D eigenvalue weighted by Gasteiger charge is 2.26. The predicted molar refractivity (Wildman–Crippen MR) is 69.6 cm³/mol. The Hall–Kier alpha value is -1.02. The first-order valence-electron chi connectivity index (χ1n) is 6.35. The van der Waals surface area contributed by atoms with Gasteiger partial charge < -0.3 is 9.84 Å². The van der Waals surface area contributed by atoms with Gasteiger partial charge in [0, 0.05) is 11.1 Å². The third-order valence-corrected chi connectivity index (χ3v) is 3.30. The average molecular weight is 234 g/mol. The maximum absolute atomic E-state index is 10.2. The molecule has 1 heterocycles. The van der Waals surface area contributed by atoms with Gasteiger partial charge in [-0.2, -0.15) is 0 Å². The van der Waals surface area contributed by atoms with E-state index in [1.165, 1.54) is 11.1 Å². The summed E-state index contributed by atoms with van der Waals surface area (Å²) in [5.41, 5.74) is 3.40. The molecule has 1 aromatic carbocycles. The van der Waals surface area contributed by atoms with E-state index in [1.807, 2.05) is 0 Å². The van der Waals surface area contributed by atoms with E-state index in [-0.39, 0.29) is 11.5 Å². The topological polar surface area (TPSA) is 29.5 Å². The van der Waals surface area contributed by atoms with Crippen molar-refractivity contribution in [1.82, 2.24) is 0 Å². The lowest BCUT2D eigenvalue weighted by molar-refractivity contribution is 0.167. The molecule has 1 aliphatic rings. The Morgan fingerprint density at radius 2 is 2.00 bits per heavy atom. The normalized spacial score (nSPS) is 20.4. The van der Waals surface area contributed by atoms with Crippen LogP contribution in [0.4, 0.5) is 0 Å². The number of ether oxygens (including phenoxy) is 1. The SMILES string of the molecule is Cc1cc2c(c(C(C)(C)C)c1)OCCC[C@@H]2O. The summed E-state index contributed by atoms with van der Waals surface area (Å²) in [7, 11) is 0. The molecule has 0 aromatic heterocycles. The summed E-state index contributed by atoms with van der Waals surface area (Å²) in [4.78, 5) is 0. The molecule has 1 aliphatic heterocycles. The monoisotopic (exact) mass is 234 g/mol. The second-order valence-electron chi connectivity index (χ2n) is 5.99. The summed E-state index contributed by atoms with van der Waals surface area (Å²) in [5.74, 6) is 0.910. The Balaban J connectivity index is 2.61. The van der Waals surface area contributed by atoms with Crippen LogP contribution in [0.1, 0.15) is 56.4 Å². The summed E-state index contributed by atoms with van der Waals surface area (Å²) >= 11 is 0. The largest absolute Gasteiger partial charge is 0.493 e. The van der Waals surface area contributed by atoms with Crippen molar-refractivity contribution >= 4 is 0 Å². The van der Waals surface area contributed by atoms with Gasteiger partial charge >= 0.3 is 0 Å². The fraction of sp³-hybridized carbons (Fsp3) is 0.600. The number of fused-ring (bicyclic) bond motifs is 1. The molecule has 0 spiro atoms. The number of hydrogen-bond acceptors (Lipinski definition) is 2. The second kappa shape index (κ2) is 4.34. The number of aliphatic hydroxyl groups is 1. The molecule has 17 heavy (non-hydrogen) atoms. The quantitative estimate of drug-likeness (QED) is 0.744. The highest BCUT2D eigenvalue weighted by Crippen LogP contribution is 2.40. The number of benzene rings is 1. The Labute approximate surface area is 104 Å². The first kappa shape index (κ1) is 12.4. The first-order valence-corrected chi connectivity index (χ1v) is 6.35. The molecule has 0 unspecified atom stereocenters. The van der Waals surface area contributed by atoms with Crippen LogP contribution >= 0.6 is 0 Å². The molecule has 0 aliphatic carbocycles. The van der Waals surface area contributed by atoms with E-state index < -0.39 is 0 Å². The Kier molecular flexibility index (Phi) is 3.17. The summed E-state index contributed by atoms with van der Waals surface area (Å²) in [6.07, 6.45) is 1.33. The molecule has 94 valence electrons. The summed E-state index contributed by atoms with van der Waals surface area (Å²) in [5, 5.41) is 10.2. The molecule has 0 saturated heterocycles. The lowest BCUT2D eigenvalue weighted by atomic mass is 9.83. The molecule has 0 saturated carbocycles. The first-order chi connectivity index (χ1) is 7.89. The third-order valence-electron chi connectivity index (χ3n) is 3.30. The van der Waals surface area contributed by atoms with Gasteiger partial charge in [-0.15, -0.1) is 0 Å². The van der Waals surface area contributed by atoms with Crippen molar-refractivity contribution < 1.29 is 9.84 Å². The van der Waals surface area contributed by atoms with Crippen molar-refractivity contribution in [2.45, 2.75) is 52.1 Å². The zero-order valence-corrected chi connectivity index (χ0v) is 11.2. The van der Waals surface area contributed by atoms with Gasteiger partial charge in [0.05, 0.1) is 12.7 Å². The third kappa shape index (κ3) is 2.47. The van der Waals surface area contributed by atoms with Gasteiger partial charge in [-0.1, -0.05) is 32.4 Å². The molecule has 0 radical (unpaired) electrons. The molecule has 2 heteroatoms. The molecule has 1 atom stereocenters. The van der Waals surface area contributed by atoms with Gasteiger partial charge in [-0.05, 0) is 31.2 Å². The van der Waals surface area contributed by atoms with E-state index in [2.05, 4.69) is 39.8 Å². The molecule has 0 amide bonds. The minimum atomic E-state index is -0.381.